The van der Waals surface area contributed by atoms with Crippen molar-refractivity contribution < 1.29 is 4.74 Å². The second-order valence-corrected chi connectivity index (χ2v) is 17.1. The summed E-state index contributed by atoms with van der Waals surface area (Å²) in [5.74, 6) is 4.18. The fourth-order valence-corrected chi connectivity index (χ4v) is 12.5. The number of benzene rings is 1. The molecule has 2 heterocycles. The lowest BCUT2D eigenvalue weighted by Gasteiger charge is -2.38. The predicted molar refractivity (Wildman–Crippen MR) is 141 cm³/mol. The van der Waals surface area contributed by atoms with Crippen LogP contribution in [0.15, 0.2) is 16.7 Å². The maximum absolute atomic E-state index is 6.05. The first kappa shape index (κ1) is 24.0. The van der Waals surface area contributed by atoms with Gasteiger partial charge in [-0.3, -0.25) is 0 Å². The molecule has 1 aromatic heterocycles. The normalized spacial score (nSPS) is 21.8. The molecule has 1 fully saturated rings. The van der Waals surface area contributed by atoms with Crippen molar-refractivity contribution in [2.24, 2.45) is 0 Å². The first-order valence-corrected chi connectivity index (χ1v) is 15.6. The van der Waals surface area contributed by atoms with E-state index in [-0.39, 0.29) is 6.23 Å². The van der Waals surface area contributed by atoms with Gasteiger partial charge in [0.1, 0.15) is 8.07 Å². The van der Waals surface area contributed by atoms with Gasteiger partial charge in [0.2, 0.25) is 0 Å². The molecule has 174 valence electrons. The van der Waals surface area contributed by atoms with E-state index in [4.69, 9.17) is 9.84 Å². The van der Waals surface area contributed by atoms with Crippen molar-refractivity contribution in [2.45, 2.75) is 109 Å². The summed E-state index contributed by atoms with van der Waals surface area (Å²) in [6.45, 7) is 15.2. The zero-order valence-electron chi connectivity index (χ0n) is 20.7. The van der Waals surface area contributed by atoms with Gasteiger partial charge >= 0.3 is 0 Å². The molecule has 0 saturated carbocycles. The fourth-order valence-electron chi connectivity index (χ4n) is 6.37. The Morgan fingerprint density at radius 3 is 2.41 bits per heavy atom. The van der Waals surface area contributed by atoms with E-state index in [1.54, 1.807) is 0 Å². The minimum atomic E-state index is -1.73. The molecule has 4 rings (SSSR count). The molecule has 0 radical (unpaired) electrons. The number of hydrogen-bond donors (Lipinski definition) is 0. The van der Waals surface area contributed by atoms with E-state index in [1.807, 2.05) is 6.20 Å². The minimum absolute atomic E-state index is 0.0696. The largest absolute Gasteiger partial charge is 0.356 e. The third kappa shape index (κ3) is 4.12. The number of rotatable bonds is 4. The fraction of sp³-hybridized carbons (Fsp3) is 0.667. The summed E-state index contributed by atoms with van der Waals surface area (Å²) in [7, 11) is -1.73. The van der Waals surface area contributed by atoms with Crippen molar-refractivity contribution in [3.63, 3.8) is 0 Å². The number of halogens is 1. The topological polar surface area (TPSA) is 27.1 Å². The smallest absolute Gasteiger partial charge is 0.150 e. The molecule has 2 unspecified atom stereocenters. The van der Waals surface area contributed by atoms with Crippen LogP contribution in [0.25, 0.3) is 10.9 Å². The molecule has 1 saturated heterocycles. The Kier molecular flexibility index (Phi) is 7.25. The Balaban J connectivity index is 1.77. The minimum Gasteiger partial charge on any atom is -0.356 e. The molecule has 0 amide bonds. The van der Waals surface area contributed by atoms with Gasteiger partial charge in [-0.15, -0.1) is 11.5 Å². The first-order valence-electron chi connectivity index (χ1n) is 12.6. The number of nitrogens with zero attached hydrogens (tertiary/aromatic N) is 2. The summed E-state index contributed by atoms with van der Waals surface area (Å²) in [5.41, 5.74) is 10.1. The summed E-state index contributed by atoms with van der Waals surface area (Å²) in [5, 5.41) is 5.96. The molecule has 5 heteroatoms. The number of hydrogen-bond acceptors (Lipinski definition) is 2. The highest BCUT2D eigenvalue weighted by Gasteiger charge is 2.42. The van der Waals surface area contributed by atoms with Gasteiger partial charge in [0.05, 0.1) is 11.7 Å². The van der Waals surface area contributed by atoms with Gasteiger partial charge in [-0.05, 0) is 88.3 Å². The van der Waals surface area contributed by atoms with Crippen molar-refractivity contribution in [3.05, 3.63) is 27.9 Å². The van der Waals surface area contributed by atoms with Crippen LogP contribution in [0.1, 0.15) is 96.9 Å². The monoisotopic (exact) mass is 514 g/mol. The van der Waals surface area contributed by atoms with Crippen LogP contribution in [-0.4, -0.2) is 24.5 Å². The second-order valence-electron chi connectivity index (χ2n) is 10.7. The molecule has 1 aliphatic heterocycles. The molecular weight excluding hydrogens is 476 g/mol. The molecule has 1 aliphatic carbocycles. The van der Waals surface area contributed by atoms with Gasteiger partial charge in [-0.25, -0.2) is 4.68 Å². The van der Waals surface area contributed by atoms with Gasteiger partial charge in [0.25, 0.3) is 0 Å². The number of aryl methyl sites for hydroxylation is 1. The average molecular weight is 516 g/mol. The molecule has 2 aliphatic rings. The maximum atomic E-state index is 6.05. The Labute approximate surface area is 203 Å². The number of aromatic nitrogens is 2. The van der Waals surface area contributed by atoms with Crippen LogP contribution in [0.2, 0.25) is 16.6 Å². The van der Waals surface area contributed by atoms with Crippen LogP contribution in [0.4, 0.5) is 0 Å². The zero-order valence-corrected chi connectivity index (χ0v) is 23.3. The van der Waals surface area contributed by atoms with Crippen LogP contribution >= 0.6 is 15.9 Å². The molecule has 2 aromatic rings. The molecule has 3 nitrogen and oxygen atoms in total. The van der Waals surface area contributed by atoms with Gasteiger partial charge in [-0.1, -0.05) is 41.5 Å². The highest BCUT2D eigenvalue weighted by Crippen LogP contribution is 2.44. The summed E-state index contributed by atoms with van der Waals surface area (Å²) in [6.07, 6.45) is 8.99. The third-order valence-electron chi connectivity index (χ3n) is 8.01. The van der Waals surface area contributed by atoms with E-state index >= 15 is 0 Å². The highest BCUT2D eigenvalue weighted by molar-refractivity contribution is 9.10. The molecule has 2 atom stereocenters. The van der Waals surface area contributed by atoms with E-state index < -0.39 is 8.07 Å². The second kappa shape index (κ2) is 9.64. The van der Waals surface area contributed by atoms with Crippen LogP contribution in [0, 0.1) is 11.5 Å². The Hall–Kier alpha value is -1.09. The lowest BCUT2D eigenvalue weighted by Crippen LogP contribution is -2.43. The van der Waals surface area contributed by atoms with Crippen molar-refractivity contribution in [1.82, 2.24) is 9.78 Å². The molecule has 0 N–H and O–H groups in total. The molecule has 32 heavy (non-hydrogen) atoms. The first-order chi connectivity index (χ1) is 15.3. The van der Waals surface area contributed by atoms with Gasteiger partial charge in [-0.2, -0.15) is 5.10 Å². The van der Waals surface area contributed by atoms with Crippen molar-refractivity contribution in [3.8, 4) is 11.5 Å². The Bertz CT molecular complexity index is 1000. The van der Waals surface area contributed by atoms with Gasteiger partial charge in [0, 0.05) is 22.4 Å². The van der Waals surface area contributed by atoms with Crippen molar-refractivity contribution in [1.29, 1.82) is 0 Å². The predicted octanol–water partition coefficient (Wildman–Crippen LogP) is 8.14. The molecule has 0 bridgehead atoms. The van der Waals surface area contributed by atoms with Crippen LogP contribution < -0.4 is 0 Å². The van der Waals surface area contributed by atoms with Gasteiger partial charge < -0.3 is 4.74 Å². The highest BCUT2D eigenvalue weighted by atomic mass is 79.9. The van der Waals surface area contributed by atoms with E-state index in [0.29, 0.717) is 22.5 Å². The van der Waals surface area contributed by atoms with Crippen molar-refractivity contribution >= 4 is 34.9 Å². The maximum Gasteiger partial charge on any atom is 0.150 e. The van der Waals surface area contributed by atoms with E-state index in [2.05, 4.69) is 79.7 Å². The lowest BCUT2D eigenvalue weighted by atomic mass is 9.82. The van der Waals surface area contributed by atoms with E-state index in [0.717, 1.165) is 32.3 Å². The summed E-state index contributed by atoms with van der Waals surface area (Å²) < 4.78 is 9.37. The summed E-state index contributed by atoms with van der Waals surface area (Å²) in [6, 6.07) is 2.38. The SMILES string of the molecule is CC(C)[Si](C#CC1CCCc2cc3c(cnn3C3CCCCO3)c(Br)c21)(C(C)C)C(C)C. The van der Waals surface area contributed by atoms with Crippen molar-refractivity contribution in [2.75, 3.05) is 6.61 Å². The quantitative estimate of drug-likeness (QED) is 0.304. The lowest BCUT2D eigenvalue weighted by molar-refractivity contribution is -0.0366. The number of ether oxygens (including phenoxy) is 1. The Morgan fingerprint density at radius 1 is 1.06 bits per heavy atom. The molecule has 0 spiro atoms. The van der Waals surface area contributed by atoms with Crippen LogP contribution in [0.3, 0.4) is 0 Å². The summed E-state index contributed by atoms with van der Waals surface area (Å²) in [4.78, 5) is 0. The van der Waals surface area contributed by atoms with Crippen LogP contribution in [0.5, 0.6) is 0 Å². The van der Waals surface area contributed by atoms with Gasteiger partial charge in [0.15, 0.2) is 6.23 Å². The molecule has 1 aromatic carbocycles. The van der Waals surface area contributed by atoms with E-state index in [9.17, 15) is 0 Å². The standard InChI is InChI=1S/C27H39BrN2OSi/c1-18(2)32(19(3)4,20(5)6)15-13-21-10-9-11-22-16-24-23(27(28)26(21)22)17-29-30(24)25-12-7-8-14-31-25/h16-21,25H,7-12,14H2,1-6H3. The summed E-state index contributed by atoms with van der Waals surface area (Å²) >= 11 is 4.00. The average Bonchev–Trinajstić information content (AvgIpc) is 3.18. The zero-order chi connectivity index (χ0) is 23.0. The third-order valence-corrected chi connectivity index (χ3v) is 15.2. The Morgan fingerprint density at radius 2 is 1.78 bits per heavy atom. The molecular formula is C27H39BrN2OSi. The van der Waals surface area contributed by atoms with Crippen LogP contribution in [-0.2, 0) is 11.2 Å². The van der Waals surface area contributed by atoms with E-state index in [1.165, 1.54) is 39.3 Å². The number of fused-ring (bicyclic) bond motifs is 2.